The molecule has 0 bridgehead atoms. The highest BCUT2D eigenvalue weighted by atomic mass is 31.3. The van der Waals surface area contributed by atoms with E-state index in [4.69, 9.17) is 0 Å². The lowest BCUT2D eigenvalue weighted by Crippen LogP contribution is -2.21. The van der Waals surface area contributed by atoms with Gasteiger partial charge in [-0.05, 0) is 13.7 Å². The van der Waals surface area contributed by atoms with Crippen molar-refractivity contribution in [3.8, 4) is 0 Å². The number of rotatable bonds is 0. The molecule has 1 fully saturated rings. The lowest BCUT2D eigenvalue weighted by Gasteiger charge is -2.37. The minimum absolute atomic E-state index is 0.847. The molecule has 1 saturated heterocycles. The summed E-state index contributed by atoms with van der Waals surface area (Å²) in [5, 5.41) is 0. The van der Waals surface area contributed by atoms with Crippen LogP contribution in [0.4, 0.5) is 0 Å². The van der Waals surface area contributed by atoms with Crippen molar-refractivity contribution in [2.75, 3.05) is 19.2 Å². The second kappa shape index (κ2) is 1.50. The first-order chi connectivity index (χ1) is 3.41. The van der Waals surface area contributed by atoms with E-state index >= 15 is 0 Å². The van der Waals surface area contributed by atoms with Crippen LogP contribution in [-0.4, -0.2) is 25.5 Å². The van der Waals surface area contributed by atoms with E-state index in [0.29, 0.717) is 0 Å². The average molecular weight is 151 g/mol. The second-order valence-corrected chi connectivity index (χ2v) is 9.66. The zero-order chi connectivity index (χ0) is 6.41. The Morgan fingerprint density at radius 1 is 1.62 bits per heavy atom. The first-order valence-electron chi connectivity index (χ1n) is 2.47. The van der Waals surface area contributed by atoms with Crippen LogP contribution >= 0.6 is 14.3 Å². The molecule has 0 amide bonds. The Kier molecular flexibility index (Phi) is 1.24. The van der Waals surface area contributed by atoms with E-state index < -0.39 is 14.3 Å². The molecule has 8 heavy (non-hydrogen) atoms. The van der Waals surface area contributed by atoms with Gasteiger partial charge in [-0.3, -0.25) is 0 Å². The molecule has 0 aromatic heterocycles. The quantitative estimate of drug-likeness (QED) is 0.531. The Morgan fingerprint density at radius 2 is 2.00 bits per heavy atom. The molecule has 1 N–H and O–H groups in total. The highest BCUT2D eigenvalue weighted by Gasteiger charge is 2.34. The molecule has 2 unspecified atom stereocenters. The van der Waals surface area contributed by atoms with E-state index in [2.05, 4.69) is 17.8 Å². The van der Waals surface area contributed by atoms with Gasteiger partial charge in [0.2, 0.25) is 0 Å². The molecule has 1 heterocycles. The van der Waals surface area contributed by atoms with Crippen LogP contribution in [0, 0.1) is 0 Å². The summed E-state index contributed by atoms with van der Waals surface area (Å²) in [6.45, 7) is 3.84. The maximum atomic E-state index is 11.0. The van der Waals surface area contributed by atoms with Gasteiger partial charge in [-0.15, -0.1) is 0 Å². The molecule has 48 valence electrons. The van der Waals surface area contributed by atoms with Gasteiger partial charge in [0, 0.05) is 12.6 Å². The van der Waals surface area contributed by atoms with E-state index in [1.165, 1.54) is 0 Å². The molecule has 1 aliphatic heterocycles. The van der Waals surface area contributed by atoms with Gasteiger partial charge in [0.25, 0.3) is 0 Å². The molecule has 0 radical (unpaired) electrons. The van der Waals surface area contributed by atoms with E-state index in [0.717, 1.165) is 5.90 Å². The third kappa shape index (κ3) is 1.25. The van der Waals surface area contributed by atoms with Gasteiger partial charge in [-0.2, -0.15) is 0 Å². The predicted octanol–water partition coefficient (Wildman–Crippen LogP) is 1.45. The Bertz CT molecular complexity index is 164. The van der Waals surface area contributed by atoms with E-state index in [9.17, 15) is 4.57 Å². The van der Waals surface area contributed by atoms with Gasteiger partial charge >= 0.3 is 0 Å². The lowest BCUT2D eigenvalue weighted by atomic mass is 11.8. The minimum Gasteiger partial charge on any atom is -0.306 e. The van der Waals surface area contributed by atoms with E-state index in [-0.39, 0.29) is 0 Å². The summed E-state index contributed by atoms with van der Waals surface area (Å²) in [6, 6.07) is 0. The minimum atomic E-state index is -1.85. The maximum Gasteiger partial charge on any atom is 0.153 e. The highest BCUT2D eigenvalue weighted by molar-refractivity contribution is 7.97. The monoisotopic (exact) mass is 151 g/mol. The van der Waals surface area contributed by atoms with E-state index in [1.54, 1.807) is 6.66 Å². The molecule has 0 aromatic rings. The smallest absolute Gasteiger partial charge is 0.153 e. The normalized spacial score (nSPS) is 55.2. The summed E-state index contributed by atoms with van der Waals surface area (Å²) < 4.78 is 11.0. The summed E-state index contributed by atoms with van der Waals surface area (Å²) in [5.41, 5.74) is 0. The van der Waals surface area contributed by atoms with Crippen molar-refractivity contribution in [1.82, 2.24) is 4.86 Å². The standard InChI is InChI=1S/C4H11NOP2/c1-7(2)4-8(3,6)5-7/h1,4H2,2-3H3,(H,5,6). The molecule has 0 spiro atoms. The van der Waals surface area contributed by atoms with Crippen molar-refractivity contribution < 1.29 is 4.57 Å². The van der Waals surface area contributed by atoms with Gasteiger partial charge in [0.15, 0.2) is 7.29 Å². The van der Waals surface area contributed by atoms with Crippen molar-refractivity contribution in [3.05, 3.63) is 0 Å². The van der Waals surface area contributed by atoms with Crippen LogP contribution in [0.15, 0.2) is 0 Å². The third-order valence-corrected chi connectivity index (χ3v) is 9.31. The molecule has 0 saturated carbocycles. The van der Waals surface area contributed by atoms with Crippen LogP contribution in [-0.2, 0) is 4.57 Å². The summed E-state index contributed by atoms with van der Waals surface area (Å²) in [4.78, 5) is 3.01. The van der Waals surface area contributed by atoms with Gasteiger partial charge in [-0.25, -0.2) is 4.86 Å². The molecule has 0 aromatic carbocycles. The summed E-state index contributed by atoms with van der Waals surface area (Å²) >= 11 is 0. The fraction of sp³-hybridized carbons (Fsp3) is 0.750. The summed E-state index contributed by atoms with van der Waals surface area (Å²) in [6.07, 6.45) is 3.90. The average Bonchev–Trinajstić information content (AvgIpc) is 1.20. The zero-order valence-corrected chi connectivity index (χ0v) is 7.01. The van der Waals surface area contributed by atoms with Crippen molar-refractivity contribution in [2.24, 2.45) is 0 Å². The Balaban J connectivity index is 2.68. The van der Waals surface area contributed by atoms with Crippen LogP contribution in [0.25, 0.3) is 0 Å². The van der Waals surface area contributed by atoms with Crippen molar-refractivity contribution in [1.29, 1.82) is 0 Å². The molecule has 2 nitrogen and oxygen atoms in total. The summed E-state index contributed by atoms with van der Waals surface area (Å²) in [7, 11) is -2.95. The second-order valence-electron chi connectivity index (χ2n) is 2.74. The van der Waals surface area contributed by atoms with Crippen LogP contribution in [0.5, 0.6) is 0 Å². The molecular weight excluding hydrogens is 140 g/mol. The van der Waals surface area contributed by atoms with Gasteiger partial charge in [0.05, 0.1) is 0 Å². The topological polar surface area (TPSA) is 29.1 Å². The Labute approximate surface area is 50.1 Å². The molecule has 4 heteroatoms. The van der Waals surface area contributed by atoms with Gasteiger partial charge in [-0.1, -0.05) is 6.30 Å². The third-order valence-electron chi connectivity index (χ3n) is 1.03. The largest absolute Gasteiger partial charge is 0.306 e. The first kappa shape index (κ1) is 6.61. The molecule has 0 aliphatic carbocycles. The molecular formula is C4H11NOP2. The highest BCUT2D eigenvalue weighted by Crippen LogP contribution is 2.67. The fourth-order valence-electron chi connectivity index (χ4n) is 1.09. The molecule has 1 aliphatic rings. The Morgan fingerprint density at radius 3 is 2.00 bits per heavy atom. The van der Waals surface area contributed by atoms with Gasteiger partial charge in [0.1, 0.15) is 0 Å². The van der Waals surface area contributed by atoms with Crippen LogP contribution in [0.3, 0.4) is 0 Å². The van der Waals surface area contributed by atoms with Crippen molar-refractivity contribution in [2.45, 2.75) is 0 Å². The number of hydrogen-bond acceptors (Lipinski definition) is 1. The first-order valence-corrected chi connectivity index (χ1v) is 7.42. The zero-order valence-electron chi connectivity index (χ0n) is 5.22. The van der Waals surface area contributed by atoms with Crippen molar-refractivity contribution >= 4 is 20.6 Å². The SMILES string of the molecule is C=P1(C)CP(C)(=O)N1. The van der Waals surface area contributed by atoms with Gasteiger partial charge < -0.3 is 4.57 Å². The van der Waals surface area contributed by atoms with E-state index in [1.807, 2.05) is 0 Å². The van der Waals surface area contributed by atoms with Crippen LogP contribution in [0.1, 0.15) is 0 Å². The Hall–Kier alpha value is 0.490. The van der Waals surface area contributed by atoms with Crippen molar-refractivity contribution in [3.63, 3.8) is 0 Å². The predicted molar refractivity (Wildman–Crippen MR) is 41.5 cm³/mol. The maximum absolute atomic E-state index is 11.0. The molecule has 1 rings (SSSR count). The molecule has 2 atom stereocenters. The van der Waals surface area contributed by atoms with Crippen LogP contribution < -0.4 is 4.86 Å². The number of nitrogens with one attached hydrogen (secondary N) is 1. The van der Waals surface area contributed by atoms with Crippen LogP contribution in [0.2, 0.25) is 0 Å². The lowest BCUT2D eigenvalue weighted by molar-refractivity contribution is 0.577. The number of hydrogen-bond donors (Lipinski definition) is 1. The fourth-order valence-corrected chi connectivity index (χ4v) is 9.83. The summed E-state index contributed by atoms with van der Waals surface area (Å²) in [5.74, 6) is 0.847.